The van der Waals surface area contributed by atoms with Gasteiger partial charge in [-0.25, -0.2) is 4.79 Å². The van der Waals surface area contributed by atoms with Crippen LogP contribution in [-0.4, -0.2) is 6.03 Å². The van der Waals surface area contributed by atoms with E-state index in [0.717, 1.165) is 12.1 Å². The summed E-state index contributed by atoms with van der Waals surface area (Å²) in [7, 11) is 0. The minimum absolute atomic E-state index is 0.532. The largest absolute Gasteiger partial charge is 0.351 e. The zero-order valence-corrected chi connectivity index (χ0v) is 12.1. The molecule has 3 nitrogen and oxygen atoms in total. The highest BCUT2D eigenvalue weighted by Gasteiger charge is 2.09. The minimum Gasteiger partial charge on any atom is -0.351 e. The maximum Gasteiger partial charge on any atom is 0.316 e. The molecule has 0 radical (unpaired) electrons. The Hall–Kier alpha value is -2.29. The highest BCUT2D eigenvalue weighted by atomic mass is 16.2. The average Bonchev–Trinajstić information content (AvgIpc) is 2.45. The summed E-state index contributed by atoms with van der Waals surface area (Å²) in [6.07, 6.45) is 6.20. The minimum atomic E-state index is -0.532. The third-order valence-electron chi connectivity index (χ3n) is 4.04. The lowest BCUT2D eigenvalue weighted by Crippen LogP contribution is -2.19. The van der Waals surface area contributed by atoms with Gasteiger partial charge in [-0.2, -0.15) is 0 Å². The van der Waals surface area contributed by atoms with Crippen molar-refractivity contribution in [2.75, 3.05) is 5.32 Å². The Morgan fingerprint density at radius 3 is 2.48 bits per heavy atom. The number of anilines is 1. The lowest BCUT2D eigenvalue weighted by Gasteiger charge is -2.15. The van der Waals surface area contributed by atoms with Gasteiger partial charge < -0.3 is 11.1 Å². The summed E-state index contributed by atoms with van der Waals surface area (Å²) in [5.74, 6) is 0. The van der Waals surface area contributed by atoms with E-state index in [-0.39, 0.29) is 0 Å². The van der Waals surface area contributed by atoms with Crippen LogP contribution in [0.1, 0.15) is 30.4 Å². The number of rotatable bonds is 2. The van der Waals surface area contributed by atoms with Crippen LogP contribution in [0.15, 0.2) is 42.5 Å². The summed E-state index contributed by atoms with van der Waals surface area (Å²) in [6.45, 7) is 0. The van der Waals surface area contributed by atoms with E-state index in [2.05, 4.69) is 23.5 Å². The SMILES string of the molecule is NC(=O)Nc1ccc(-c2ccc3cc2CCCCC3)cc1. The second-order valence-electron chi connectivity index (χ2n) is 5.62. The van der Waals surface area contributed by atoms with Crippen molar-refractivity contribution in [1.82, 2.24) is 0 Å². The third-order valence-corrected chi connectivity index (χ3v) is 4.04. The Morgan fingerprint density at radius 1 is 0.952 bits per heavy atom. The van der Waals surface area contributed by atoms with Crippen LogP contribution in [0.25, 0.3) is 11.1 Å². The lowest BCUT2D eigenvalue weighted by molar-refractivity contribution is 0.259. The first-order chi connectivity index (χ1) is 10.2. The van der Waals surface area contributed by atoms with Gasteiger partial charge in [0.1, 0.15) is 0 Å². The van der Waals surface area contributed by atoms with Crippen molar-refractivity contribution in [1.29, 1.82) is 0 Å². The molecule has 0 saturated heterocycles. The molecule has 1 aliphatic carbocycles. The Kier molecular flexibility index (Phi) is 3.91. The number of nitrogens with one attached hydrogen (secondary N) is 1. The molecule has 2 amide bonds. The van der Waals surface area contributed by atoms with E-state index in [1.54, 1.807) is 0 Å². The highest BCUT2D eigenvalue weighted by Crippen LogP contribution is 2.29. The Morgan fingerprint density at radius 2 is 1.71 bits per heavy atom. The van der Waals surface area contributed by atoms with Gasteiger partial charge in [-0.15, -0.1) is 0 Å². The number of aryl methyl sites for hydroxylation is 2. The van der Waals surface area contributed by atoms with E-state index >= 15 is 0 Å². The van der Waals surface area contributed by atoms with Crippen LogP contribution in [0.5, 0.6) is 0 Å². The maximum atomic E-state index is 10.9. The molecule has 0 saturated carbocycles. The second kappa shape index (κ2) is 6.00. The summed E-state index contributed by atoms with van der Waals surface area (Å²) < 4.78 is 0. The summed E-state index contributed by atoms with van der Waals surface area (Å²) in [5.41, 5.74) is 11.2. The van der Waals surface area contributed by atoms with Crippen LogP contribution in [0, 0.1) is 0 Å². The Balaban J connectivity index is 1.91. The van der Waals surface area contributed by atoms with Gasteiger partial charge in [-0.05, 0) is 60.1 Å². The van der Waals surface area contributed by atoms with Gasteiger partial charge in [-0.1, -0.05) is 36.8 Å². The molecule has 0 aromatic heterocycles. The van der Waals surface area contributed by atoms with Gasteiger partial charge in [0.2, 0.25) is 0 Å². The number of nitrogens with two attached hydrogens (primary N) is 1. The average molecular weight is 280 g/mol. The molecule has 3 N–H and O–H groups in total. The van der Waals surface area contributed by atoms with Crippen molar-refractivity contribution in [3.8, 4) is 11.1 Å². The molecule has 3 heteroatoms. The molecule has 0 fully saturated rings. The molecule has 3 rings (SSSR count). The van der Waals surface area contributed by atoms with Gasteiger partial charge in [0, 0.05) is 5.69 Å². The van der Waals surface area contributed by atoms with E-state index in [0.29, 0.717) is 0 Å². The molecule has 2 aromatic rings. The topological polar surface area (TPSA) is 55.1 Å². The first-order valence-corrected chi connectivity index (χ1v) is 7.51. The molecular formula is C18H20N2O. The molecule has 21 heavy (non-hydrogen) atoms. The zero-order valence-electron chi connectivity index (χ0n) is 12.1. The third kappa shape index (κ3) is 3.24. The molecule has 0 aliphatic heterocycles. The summed E-state index contributed by atoms with van der Waals surface area (Å²) in [5, 5.41) is 2.59. The molecule has 108 valence electrons. The monoisotopic (exact) mass is 280 g/mol. The molecule has 2 aromatic carbocycles. The van der Waals surface area contributed by atoms with Crippen LogP contribution in [0.3, 0.4) is 0 Å². The van der Waals surface area contributed by atoms with E-state index in [9.17, 15) is 4.79 Å². The van der Waals surface area contributed by atoms with Crippen molar-refractivity contribution in [3.05, 3.63) is 53.6 Å². The lowest BCUT2D eigenvalue weighted by atomic mass is 9.90. The van der Waals surface area contributed by atoms with Gasteiger partial charge in [0.05, 0.1) is 0 Å². The van der Waals surface area contributed by atoms with E-state index in [1.807, 2.05) is 24.3 Å². The first kappa shape index (κ1) is 13.7. The fourth-order valence-electron chi connectivity index (χ4n) is 2.99. The molecule has 0 spiro atoms. The normalized spacial score (nSPS) is 14.1. The first-order valence-electron chi connectivity index (χ1n) is 7.51. The number of carbonyl (C=O) groups is 1. The number of hydrogen-bond donors (Lipinski definition) is 2. The van der Waals surface area contributed by atoms with E-state index in [1.165, 1.54) is 47.9 Å². The predicted octanol–water partition coefficient (Wildman–Crippen LogP) is 4.11. The number of hydrogen-bond acceptors (Lipinski definition) is 1. The smallest absolute Gasteiger partial charge is 0.316 e. The van der Waals surface area contributed by atoms with Crippen molar-refractivity contribution < 1.29 is 4.79 Å². The maximum absolute atomic E-state index is 10.9. The number of amides is 2. The van der Waals surface area contributed by atoms with E-state index < -0.39 is 6.03 Å². The van der Waals surface area contributed by atoms with Crippen molar-refractivity contribution >= 4 is 11.7 Å². The predicted molar refractivity (Wildman–Crippen MR) is 86.3 cm³/mol. The summed E-state index contributed by atoms with van der Waals surface area (Å²) in [4.78, 5) is 10.9. The number of primary amides is 1. The van der Waals surface area contributed by atoms with Crippen LogP contribution < -0.4 is 11.1 Å². The van der Waals surface area contributed by atoms with Gasteiger partial charge >= 0.3 is 6.03 Å². The standard InChI is InChI=1S/C18H20N2O/c19-18(21)20-16-9-7-14(8-10-16)17-11-6-13-4-2-1-3-5-15(17)12-13/h6-12H,1-5H2,(H3,19,20,21). The quantitative estimate of drug-likeness (QED) is 0.854. The Bertz CT molecular complexity index is 647. The van der Waals surface area contributed by atoms with Gasteiger partial charge in [0.25, 0.3) is 0 Å². The zero-order chi connectivity index (χ0) is 14.7. The van der Waals surface area contributed by atoms with Crippen molar-refractivity contribution in [2.45, 2.75) is 32.1 Å². The Labute approximate surface area is 125 Å². The highest BCUT2D eigenvalue weighted by molar-refractivity contribution is 5.88. The van der Waals surface area contributed by atoms with Crippen LogP contribution in [-0.2, 0) is 12.8 Å². The van der Waals surface area contributed by atoms with Crippen molar-refractivity contribution in [2.24, 2.45) is 5.73 Å². The van der Waals surface area contributed by atoms with Crippen LogP contribution in [0.2, 0.25) is 0 Å². The number of benzene rings is 2. The summed E-state index contributed by atoms with van der Waals surface area (Å²) >= 11 is 0. The van der Waals surface area contributed by atoms with Gasteiger partial charge in [0.15, 0.2) is 0 Å². The molecule has 2 bridgehead atoms. The van der Waals surface area contributed by atoms with Gasteiger partial charge in [-0.3, -0.25) is 0 Å². The molecule has 0 atom stereocenters. The number of urea groups is 1. The molecule has 0 heterocycles. The van der Waals surface area contributed by atoms with Crippen molar-refractivity contribution in [3.63, 3.8) is 0 Å². The number of fused-ring (bicyclic) bond motifs is 2. The molecule has 0 unspecified atom stereocenters. The van der Waals surface area contributed by atoms with Crippen LogP contribution in [0.4, 0.5) is 10.5 Å². The molecule has 1 aliphatic rings. The fourth-order valence-corrected chi connectivity index (χ4v) is 2.99. The molecular weight excluding hydrogens is 260 g/mol. The van der Waals surface area contributed by atoms with E-state index in [4.69, 9.17) is 5.73 Å². The second-order valence-corrected chi connectivity index (χ2v) is 5.62. The number of carbonyl (C=O) groups excluding carboxylic acids is 1. The fraction of sp³-hybridized carbons (Fsp3) is 0.278. The summed E-state index contributed by atoms with van der Waals surface area (Å²) in [6, 6.07) is 14.1. The van der Waals surface area contributed by atoms with Crippen LogP contribution >= 0.6 is 0 Å².